The van der Waals surface area contributed by atoms with Crippen LogP contribution >= 0.6 is 0 Å². The predicted molar refractivity (Wildman–Crippen MR) is 111 cm³/mol. The summed E-state index contributed by atoms with van der Waals surface area (Å²) in [4.78, 5) is 26.6. The zero-order valence-electron chi connectivity index (χ0n) is 17.9. The van der Waals surface area contributed by atoms with Crippen LogP contribution in [0.2, 0.25) is 0 Å². The van der Waals surface area contributed by atoms with Crippen molar-refractivity contribution in [3.8, 4) is 0 Å². The number of rotatable bonds is 5. The average molecular weight is 415 g/mol. The minimum Gasteiger partial charge on any atom is -0.446 e. The molecule has 2 atom stereocenters. The van der Waals surface area contributed by atoms with Gasteiger partial charge in [-0.05, 0) is 52.0 Å². The van der Waals surface area contributed by atoms with Gasteiger partial charge >= 0.3 is 6.09 Å². The number of H-pyrrole nitrogens is 1. The number of hydrogen-bond donors (Lipinski definition) is 2. The predicted octanol–water partition coefficient (Wildman–Crippen LogP) is 2.97. The highest BCUT2D eigenvalue weighted by molar-refractivity contribution is 5.91. The molecular formula is C21H30N6O3. The molecule has 9 nitrogen and oxygen atoms in total. The van der Waals surface area contributed by atoms with Gasteiger partial charge in [0.1, 0.15) is 6.10 Å². The Kier molecular flexibility index (Phi) is 5.53. The number of carbonyl (C=O) groups excluding carboxylic acids is 2. The van der Waals surface area contributed by atoms with Crippen molar-refractivity contribution in [1.82, 2.24) is 24.9 Å². The number of amides is 2. The smallest absolute Gasteiger partial charge is 0.410 e. The Labute approximate surface area is 176 Å². The fourth-order valence-corrected chi connectivity index (χ4v) is 4.50. The highest BCUT2D eigenvalue weighted by Crippen LogP contribution is 2.37. The van der Waals surface area contributed by atoms with Gasteiger partial charge < -0.3 is 15.0 Å². The van der Waals surface area contributed by atoms with Crippen molar-refractivity contribution in [1.29, 1.82) is 0 Å². The number of likely N-dealkylation sites (tertiary alicyclic amines) is 1. The summed E-state index contributed by atoms with van der Waals surface area (Å²) in [5.41, 5.74) is 1.55. The van der Waals surface area contributed by atoms with Gasteiger partial charge in [-0.15, -0.1) is 0 Å². The van der Waals surface area contributed by atoms with Crippen molar-refractivity contribution in [2.75, 3.05) is 11.9 Å². The molecule has 2 aliphatic rings. The Balaban J connectivity index is 1.28. The first kappa shape index (κ1) is 20.4. The summed E-state index contributed by atoms with van der Waals surface area (Å²) in [6.45, 7) is 4.95. The molecule has 2 N–H and O–H groups in total. The van der Waals surface area contributed by atoms with Crippen LogP contribution in [0.15, 0.2) is 18.3 Å². The monoisotopic (exact) mass is 414 g/mol. The van der Waals surface area contributed by atoms with Crippen LogP contribution in [-0.4, -0.2) is 55.1 Å². The molecule has 1 saturated heterocycles. The molecule has 2 aromatic rings. The number of nitrogens with zero attached hydrogens (tertiary/aromatic N) is 4. The summed E-state index contributed by atoms with van der Waals surface area (Å²) in [5, 5.41) is 14.3. The number of anilines is 1. The topological polar surface area (TPSA) is 105 Å². The van der Waals surface area contributed by atoms with E-state index in [1.165, 1.54) is 0 Å². The molecule has 3 heterocycles. The van der Waals surface area contributed by atoms with Gasteiger partial charge in [0.25, 0.3) is 0 Å². The second-order valence-electron chi connectivity index (χ2n) is 9.00. The summed E-state index contributed by atoms with van der Waals surface area (Å²) in [5.74, 6) is 0.590. The largest absolute Gasteiger partial charge is 0.446 e. The Morgan fingerprint density at radius 2 is 2.20 bits per heavy atom. The lowest BCUT2D eigenvalue weighted by molar-refractivity contribution is -0.115. The molecule has 0 spiro atoms. The van der Waals surface area contributed by atoms with Crippen molar-refractivity contribution in [2.45, 2.75) is 69.9 Å². The molecule has 2 aromatic heterocycles. The summed E-state index contributed by atoms with van der Waals surface area (Å²) in [6, 6.07) is 3.69. The van der Waals surface area contributed by atoms with E-state index in [1.54, 1.807) is 4.68 Å². The van der Waals surface area contributed by atoms with Crippen LogP contribution in [-0.2, 0) is 23.0 Å². The van der Waals surface area contributed by atoms with Gasteiger partial charge in [-0.3, -0.25) is 14.6 Å². The van der Waals surface area contributed by atoms with E-state index in [0.717, 1.165) is 44.3 Å². The van der Waals surface area contributed by atoms with E-state index in [9.17, 15) is 9.59 Å². The van der Waals surface area contributed by atoms with E-state index in [0.29, 0.717) is 11.5 Å². The quantitative estimate of drug-likeness (QED) is 0.783. The van der Waals surface area contributed by atoms with E-state index >= 15 is 0 Å². The van der Waals surface area contributed by atoms with Crippen LogP contribution in [0.4, 0.5) is 10.6 Å². The van der Waals surface area contributed by atoms with Gasteiger partial charge in [-0.25, -0.2) is 4.79 Å². The minimum atomic E-state index is -0.199. The molecule has 2 amide bonds. The molecule has 0 bridgehead atoms. The van der Waals surface area contributed by atoms with Crippen LogP contribution in [0.25, 0.3) is 0 Å². The Morgan fingerprint density at radius 3 is 2.90 bits per heavy atom. The van der Waals surface area contributed by atoms with Crippen LogP contribution in [0, 0.1) is 0 Å². The van der Waals surface area contributed by atoms with Crippen LogP contribution < -0.4 is 5.32 Å². The third-order valence-corrected chi connectivity index (χ3v) is 6.19. The number of ether oxygens (including phenoxy) is 1. The molecular weight excluding hydrogens is 384 g/mol. The fraction of sp³-hybridized carbons (Fsp3) is 0.619. The van der Waals surface area contributed by atoms with Gasteiger partial charge in [-0.1, -0.05) is 0 Å². The zero-order valence-corrected chi connectivity index (χ0v) is 17.9. The lowest BCUT2D eigenvalue weighted by Gasteiger charge is -2.31. The van der Waals surface area contributed by atoms with Crippen molar-refractivity contribution in [3.63, 3.8) is 0 Å². The molecule has 1 aliphatic heterocycles. The molecule has 0 unspecified atom stereocenters. The molecule has 0 aromatic carbocycles. The standard InChI is InChI=1S/C21H30N6O3/c1-21(2)8-4-9-27(21)20(29)30-16-6-5-14(11-16)17-13-18(24-23-17)22-19(28)12-15-7-10-26(3)25-15/h7,10,13-14,16H,4-6,8-9,11-12H2,1-3H3,(H2,22,23,24,28)/t14-,16+/m0/s1. The molecule has 162 valence electrons. The maximum Gasteiger partial charge on any atom is 0.410 e. The van der Waals surface area contributed by atoms with Crippen molar-refractivity contribution >= 4 is 17.8 Å². The van der Waals surface area contributed by atoms with Crippen molar-refractivity contribution < 1.29 is 14.3 Å². The van der Waals surface area contributed by atoms with Crippen molar-refractivity contribution in [3.05, 3.63) is 29.7 Å². The zero-order chi connectivity index (χ0) is 21.3. The molecule has 1 saturated carbocycles. The van der Waals surface area contributed by atoms with Gasteiger partial charge in [-0.2, -0.15) is 10.2 Å². The maximum atomic E-state index is 12.6. The Bertz CT molecular complexity index is 917. The molecule has 1 aliphatic carbocycles. The molecule has 9 heteroatoms. The van der Waals surface area contributed by atoms with E-state index in [1.807, 2.05) is 30.3 Å². The first-order valence-electron chi connectivity index (χ1n) is 10.6. The second-order valence-corrected chi connectivity index (χ2v) is 9.00. The first-order valence-corrected chi connectivity index (χ1v) is 10.6. The normalized spacial score (nSPS) is 23.0. The number of nitrogens with one attached hydrogen (secondary N) is 2. The van der Waals surface area contributed by atoms with E-state index in [-0.39, 0.29) is 36.0 Å². The summed E-state index contributed by atoms with van der Waals surface area (Å²) >= 11 is 0. The number of aromatic nitrogens is 4. The second kappa shape index (κ2) is 8.12. The van der Waals surface area contributed by atoms with E-state index in [2.05, 4.69) is 34.5 Å². The highest BCUT2D eigenvalue weighted by atomic mass is 16.6. The fourth-order valence-electron chi connectivity index (χ4n) is 4.50. The van der Waals surface area contributed by atoms with E-state index < -0.39 is 0 Å². The van der Waals surface area contributed by atoms with Crippen molar-refractivity contribution in [2.24, 2.45) is 7.05 Å². The Morgan fingerprint density at radius 1 is 1.37 bits per heavy atom. The van der Waals surface area contributed by atoms with Gasteiger partial charge in [0.2, 0.25) is 5.91 Å². The molecule has 30 heavy (non-hydrogen) atoms. The van der Waals surface area contributed by atoms with Crippen LogP contribution in [0.1, 0.15) is 63.3 Å². The molecule has 4 rings (SSSR count). The van der Waals surface area contributed by atoms with Gasteiger partial charge in [0.15, 0.2) is 5.82 Å². The van der Waals surface area contributed by atoms with Crippen LogP contribution in [0.3, 0.4) is 0 Å². The number of hydrogen-bond acceptors (Lipinski definition) is 5. The minimum absolute atomic E-state index is 0.0793. The Hall–Kier alpha value is -2.84. The average Bonchev–Trinajstić information content (AvgIpc) is 3.43. The molecule has 2 fully saturated rings. The number of carbonyl (C=O) groups is 2. The summed E-state index contributed by atoms with van der Waals surface area (Å²) in [7, 11) is 1.82. The third kappa shape index (κ3) is 4.49. The SMILES string of the molecule is Cn1ccc(CC(=O)Nc2cc([C@H]3CC[C@@H](OC(=O)N4CCCC4(C)C)C3)[nH]n2)n1. The highest BCUT2D eigenvalue weighted by Gasteiger charge is 2.38. The lowest BCUT2D eigenvalue weighted by atomic mass is 10.0. The van der Waals surface area contributed by atoms with E-state index in [4.69, 9.17) is 4.74 Å². The summed E-state index contributed by atoms with van der Waals surface area (Å²) in [6.07, 6.45) is 6.30. The van der Waals surface area contributed by atoms with Crippen LogP contribution in [0.5, 0.6) is 0 Å². The summed E-state index contributed by atoms with van der Waals surface area (Å²) < 4.78 is 7.47. The first-order chi connectivity index (χ1) is 14.3. The third-order valence-electron chi connectivity index (χ3n) is 6.19. The van der Waals surface area contributed by atoms with Gasteiger partial charge in [0, 0.05) is 43.0 Å². The number of aromatic amines is 1. The molecule has 0 radical (unpaired) electrons. The maximum absolute atomic E-state index is 12.6. The van der Waals surface area contributed by atoms with Gasteiger partial charge in [0.05, 0.1) is 12.1 Å². The lowest BCUT2D eigenvalue weighted by Crippen LogP contribution is -2.43. The number of aryl methyl sites for hydroxylation is 1.